The van der Waals surface area contributed by atoms with Gasteiger partial charge in [0.25, 0.3) is 0 Å². The summed E-state index contributed by atoms with van der Waals surface area (Å²) in [6.45, 7) is 7.51. The van der Waals surface area contributed by atoms with E-state index < -0.39 is 0 Å². The van der Waals surface area contributed by atoms with E-state index in [1.54, 1.807) is 0 Å². The largest absolute Gasteiger partial charge is 0.368 e. The van der Waals surface area contributed by atoms with E-state index in [9.17, 15) is 0 Å². The second-order valence-corrected chi connectivity index (χ2v) is 4.92. The van der Waals surface area contributed by atoms with Gasteiger partial charge in [-0.2, -0.15) is 5.10 Å². The Morgan fingerprint density at radius 2 is 1.94 bits per heavy atom. The van der Waals surface area contributed by atoms with Crippen molar-refractivity contribution in [2.45, 2.75) is 27.2 Å². The monoisotopic (exact) mass is 243 g/mol. The van der Waals surface area contributed by atoms with E-state index in [4.69, 9.17) is 0 Å². The number of rotatable bonds is 5. The van der Waals surface area contributed by atoms with Crippen LogP contribution in [0.2, 0.25) is 0 Å². The normalized spacial score (nSPS) is 10.9. The smallest absolute Gasteiger partial charge is 0.151 e. The third-order valence-corrected chi connectivity index (χ3v) is 2.96. The van der Waals surface area contributed by atoms with Crippen molar-refractivity contribution in [3.63, 3.8) is 0 Å². The molecule has 0 aliphatic carbocycles. The van der Waals surface area contributed by atoms with Crippen molar-refractivity contribution >= 4 is 5.82 Å². The lowest BCUT2D eigenvalue weighted by molar-refractivity contribution is 0.686. The molecule has 0 aliphatic heterocycles. The standard InChI is InChI=1S/C15H21N3/c1-4-13-14(12-8-6-5-7-9-12)17-18-15(13)16-10-11(2)3/h5-9,11H,4,10H2,1-3H3,(H2,16,17,18). The number of anilines is 1. The van der Waals surface area contributed by atoms with Gasteiger partial charge in [-0.1, -0.05) is 51.1 Å². The van der Waals surface area contributed by atoms with E-state index >= 15 is 0 Å². The predicted octanol–water partition coefficient (Wildman–Crippen LogP) is 3.71. The van der Waals surface area contributed by atoms with Crippen LogP contribution < -0.4 is 5.32 Å². The molecule has 1 aromatic carbocycles. The molecule has 3 heteroatoms. The van der Waals surface area contributed by atoms with Gasteiger partial charge in [0.1, 0.15) is 0 Å². The highest BCUT2D eigenvalue weighted by Crippen LogP contribution is 2.27. The van der Waals surface area contributed by atoms with Gasteiger partial charge in [0, 0.05) is 12.1 Å². The zero-order chi connectivity index (χ0) is 13.0. The van der Waals surface area contributed by atoms with Gasteiger partial charge >= 0.3 is 0 Å². The zero-order valence-corrected chi connectivity index (χ0v) is 11.3. The molecule has 18 heavy (non-hydrogen) atoms. The second kappa shape index (κ2) is 5.71. The summed E-state index contributed by atoms with van der Waals surface area (Å²) in [6.07, 6.45) is 0.973. The van der Waals surface area contributed by atoms with Crippen LogP contribution in [0.5, 0.6) is 0 Å². The van der Waals surface area contributed by atoms with E-state index in [1.165, 1.54) is 11.1 Å². The molecule has 0 amide bonds. The third-order valence-electron chi connectivity index (χ3n) is 2.96. The molecule has 0 saturated heterocycles. The Balaban J connectivity index is 2.27. The number of aromatic amines is 1. The van der Waals surface area contributed by atoms with Crippen molar-refractivity contribution < 1.29 is 0 Å². The summed E-state index contributed by atoms with van der Waals surface area (Å²) in [5.41, 5.74) is 3.59. The van der Waals surface area contributed by atoms with Gasteiger partial charge in [-0.15, -0.1) is 0 Å². The van der Waals surface area contributed by atoms with Gasteiger partial charge in [0.05, 0.1) is 5.69 Å². The van der Waals surface area contributed by atoms with Crippen molar-refractivity contribution in [2.24, 2.45) is 5.92 Å². The number of nitrogens with one attached hydrogen (secondary N) is 2. The van der Waals surface area contributed by atoms with Crippen LogP contribution in [0.1, 0.15) is 26.3 Å². The molecule has 0 bridgehead atoms. The average Bonchev–Trinajstić information content (AvgIpc) is 2.80. The topological polar surface area (TPSA) is 40.7 Å². The Kier molecular flexibility index (Phi) is 4.03. The van der Waals surface area contributed by atoms with E-state index in [2.05, 4.69) is 60.6 Å². The Morgan fingerprint density at radius 3 is 2.56 bits per heavy atom. The average molecular weight is 243 g/mol. The summed E-state index contributed by atoms with van der Waals surface area (Å²) in [5.74, 6) is 1.61. The highest BCUT2D eigenvalue weighted by atomic mass is 15.2. The van der Waals surface area contributed by atoms with Gasteiger partial charge < -0.3 is 5.32 Å². The summed E-state index contributed by atoms with van der Waals surface area (Å²) in [5, 5.41) is 11.0. The number of H-pyrrole nitrogens is 1. The molecule has 0 radical (unpaired) electrons. The van der Waals surface area contributed by atoms with Crippen molar-refractivity contribution in [3.8, 4) is 11.3 Å². The lowest BCUT2D eigenvalue weighted by Crippen LogP contribution is -2.09. The fraction of sp³-hybridized carbons (Fsp3) is 0.400. The number of nitrogens with zero attached hydrogens (tertiary/aromatic N) is 1. The van der Waals surface area contributed by atoms with Crippen LogP contribution in [0.4, 0.5) is 5.82 Å². The van der Waals surface area contributed by atoms with Crippen LogP contribution in [-0.4, -0.2) is 16.7 Å². The highest BCUT2D eigenvalue weighted by molar-refractivity contribution is 5.68. The van der Waals surface area contributed by atoms with E-state index in [-0.39, 0.29) is 0 Å². The quantitative estimate of drug-likeness (QED) is 0.840. The van der Waals surface area contributed by atoms with Crippen LogP contribution in [-0.2, 0) is 6.42 Å². The maximum atomic E-state index is 4.40. The summed E-state index contributed by atoms with van der Waals surface area (Å²) in [4.78, 5) is 0. The minimum Gasteiger partial charge on any atom is -0.368 e. The summed E-state index contributed by atoms with van der Waals surface area (Å²) < 4.78 is 0. The van der Waals surface area contributed by atoms with Crippen LogP contribution in [0.3, 0.4) is 0 Å². The first-order valence-electron chi connectivity index (χ1n) is 6.59. The third kappa shape index (κ3) is 2.73. The maximum Gasteiger partial charge on any atom is 0.151 e. The molecule has 96 valence electrons. The van der Waals surface area contributed by atoms with Gasteiger partial charge in [-0.3, -0.25) is 5.10 Å². The molecule has 2 N–H and O–H groups in total. The van der Waals surface area contributed by atoms with Crippen LogP contribution in [0.25, 0.3) is 11.3 Å². The summed E-state index contributed by atoms with van der Waals surface area (Å²) in [6, 6.07) is 10.4. The minimum atomic E-state index is 0.617. The molecule has 2 rings (SSSR count). The van der Waals surface area contributed by atoms with Crippen LogP contribution in [0, 0.1) is 5.92 Å². The van der Waals surface area contributed by atoms with E-state index in [0.29, 0.717) is 5.92 Å². The lowest BCUT2D eigenvalue weighted by Gasteiger charge is -2.08. The summed E-state index contributed by atoms with van der Waals surface area (Å²) >= 11 is 0. The highest BCUT2D eigenvalue weighted by Gasteiger charge is 2.12. The first-order chi connectivity index (χ1) is 8.72. The molecule has 0 aliphatic rings. The first-order valence-corrected chi connectivity index (χ1v) is 6.59. The molecule has 1 heterocycles. The maximum absolute atomic E-state index is 4.40. The number of hydrogen-bond acceptors (Lipinski definition) is 2. The molecular formula is C15H21N3. The summed E-state index contributed by atoms with van der Waals surface area (Å²) in [7, 11) is 0. The molecule has 2 aromatic rings. The number of benzene rings is 1. The molecule has 0 spiro atoms. The molecule has 3 nitrogen and oxygen atoms in total. The lowest BCUT2D eigenvalue weighted by atomic mass is 10.1. The van der Waals surface area contributed by atoms with Gasteiger partial charge in [-0.25, -0.2) is 0 Å². The Morgan fingerprint density at radius 1 is 1.22 bits per heavy atom. The number of hydrogen-bond donors (Lipinski definition) is 2. The van der Waals surface area contributed by atoms with Crippen molar-refractivity contribution in [1.82, 2.24) is 10.2 Å². The van der Waals surface area contributed by atoms with Crippen molar-refractivity contribution in [3.05, 3.63) is 35.9 Å². The van der Waals surface area contributed by atoms with Gasteiger partial charge in [-0.05, 0) is 17.9 Å². The van der Waals surface area contributed by atoms with Crippen LogP contribution >= 0.6 is 0 Å². The predicted molar refractivity (Wildman–Crippen MR) is 76.7 cm³/mol. The van der Waals surface area contributed by atoms with Crippen LogP contribution in [0.15, 0.2) is 30.3 Å². The van der Waals surface area contributed by atoms with Gasteiger partial charge in [0.2, 0.25) is 0 Å². The fourth-order valence-corrected chi connectivity index (χ4v) is 2.00. The molecular weight excluding hydrogens is 222 g/mol. The fourth-order valence-electron chi connectivity index (χ4n) is 2.00. The molecule has 0 atom stereocenters. The SMILES string of the molecule is CCc1c(NCC(C)C)n[nH]c1-c1ccccc1. The van der Waals surface area contributed by atoms with Crippen molar-refractivity contribution in [1.29, 1.82) is 0 Å². The Bertz CT molecular complexity index is 486. The first kappa shape index (κ1) is 12.7. The van der Waals surface area contributed by atoms with E-state index in [0.717, 1.165) is 24.5 Å². The minimum absolute atomic E-state index is 0.617. The molecule has 1 aromatic heterocycles. The van der Waals surface area contributed by atoms with E-state index in [1.807, 2.05) is 6.07 Å². The Hall–Kier alpha value is -1.77. The molecule has 0 fully saturated rings. The zero-order valence-electron chi connectivity index (χ0n) is 11.3. The second-order valence-electron chi connectivity index (χ2n) is 4.92. The Labute approximate surface area is 109 Å². The molecule has 0 saturated carbocycles. The van der Waals surface area contributed by atoms with Crippen molar-refractivity contribution in [2.75, 3.05) is 11.9 Å². The molecule has 0 unspecified atom stereocenters. The van der Waals surface area contributed by atoms with Gasteiger partial charge in [0.15, 0.2) is 5.82 Å². The number of aromatic nitrogens is 2.